The quantitative estimate of drug-likeness (QED) is 0.708. The highest BCUT2D eigenvalue weighted by Crippen LogP contribution is 2.19. The number of carbonyl (C=O) groups is 1. The van der Waals surface area contributed by atoms with Crippen LogP contribution >= 0.6 is 0 Å². The molecule has 1 N–H and O–H groups in total. The maximum atomic E-state index is 12.4. The van der Waals surface area contributed by atoms with Gasteiger partial charge in [0.1, 0.15) is 11.3 Å². The van der Waals surface area contributed by atoms with E-state index in [0.717, 1.165) is 33.8 Å². The summed E-state index contributed by atoms with van der Waals surface area (Å²) in [6.45, 7) is 5.29. The molecule has 0 spiro atoms. The van der Waals surface area contributed by atoms with Crippen LogP contribution in [0.3, 0.4) is 0 Å². The van der Waals surface area contributed by atoms with Gasteiger partial charge in [-0.1, -0.05) is 12.1 Å². The van der Waals surface area contributed by atoms with Crippen molar-refractivity contribution in [3.05, 3.63) is 53.5 Å². The molecule has 136 valence electrons. The van der Waals surface area contributed by atoms with Crippen LogP contribution in [0.25, 0.3) is 11.2 Å². The highest BCUT2D eigenvalue weighted by atomic mass is 16.5. The first kappa shape index (κ1) is 18.1. The van der Waals surface area contributed by atoms with Crippen LogP contribution in [0.2, 0.25) is 0 Å². The lowest BCUT2D eigenvalue weighted by Gasteiger charge is -2.11. The van der Waals surface area contributed by atoms with Crippen LogP contribution in [0.15, 0.2) is 36.5 Å². The van der Waals surface area contributed by atoms with E-state index in [-0.39, 0.29) is 5.91 Å². The first-order valence-electron chi connectivity index (χ1n) is 8.75. The minimum Gasteiger partial charge on any atom is -0.383 e. The number of ether oxygens (including phenoxy) is 1. The number of hydrogen-bond acceptors (Lipinski definition) is 4. The number of hydrogen-bond donors (Lipinski definition) is 1. The predicted octanol–water partition coefficient (Wildman–Crippen LogP) is 3.27. The zero-order valence-electron chi connectivity index (χ0n) is 15.5. The number of methoxy groups -OCH3 is 1. The SMILES string of the molecule is COCCn1c(CCC(=O)Nc2cccc(C)c2C)nc2cccnc21. The topological polar surface area (TPSA) is 69.0 Å². The molecule has 0 atom stereocenters. The van der Waals surface area contributed by atoms with Gasteiger partial charge in [0.15, 0.2) is 5.65 Å². The first-order chi connectivity index (χ1) is 12.6. The molecular formula is C20H24N4O2. The molecule has 6 heteroatoms. The molecule has 0 fully saturated rings. The number of fused-ring (bicyclic) bond motifs is 1. The number of pyridine rings is 1. The second kappa shape index (κ2) is 8.10. The van der Waals surface area contributed by atoms with Gasteiger partial charge in [-0.25, -0.2) is 9.97 Å². The van der Waals surface area contributed by atoms with Crippen LogP contribution in [-0.4, -0.2) is 34.2 Å². The van der Waals surface area contributed by atoms with Gasteiger partial charge in [0.05, 0.1) is 6.61 Å². The van der Waals surface area contributed by atoms with Crippen LogP contribution in [0.1, 0.15) is 23.4 Å². The van der Waals surface area contributed by atoms with Crippen LogP contribution in [-0.2, 0) is 22.5 Å². The lowest BCUT2D eigenvalue weighted by Crippen LogP contribution is -2.16. The van der Waals surface area contributed by atoms with Gasteiger partial charge >= 0.3 is 0 Å². The Balaban J connectivity index is 1.72. The molecule has 26 heavy (non-hydrogen) atoms. The number of aryl methyl sites for hydroxylation is 2. The lowest BCUT2D eigenvalue weighted by atomic mass is 10.1. The summed E-state index contributed by atoms with van der Waals surface area (Å²) in [5, 5.41) is 3.00. The molecule has 0 aliphatic heterocycles. The zero-order valence-corrected chi connectivity index (χ0v) is 15.5. The van der Waals surface area contributed by atoms with E-state index in [4.69, 9.17) is 4.74 Å². The highest BCUT2D eigenvalue weighted by molar-refractivity contribution is 5.91. The van der Waals surface area contributed by atoms with Gasteiger partial charge in [0.2, 0.25) is 5.91 Å². The van der Waals surface area contributed by atoms with Gasteiger partial charge in [0.25, 0.3) is 0 Å². The molecule has 1 amide bonds. The smallest absolute Gasteiger partial charge is 0.224 e. The minimum atomic E-state index is -0.0167. The fourth-order valence-corrected chi connectivity index (χ4v) is 2.94. The van der Waals surface area contributed by atoms with E-state index in [2.05, 4.69) is 15.3 Å². The number of carbonyl (C=O) groups excluding carboxylic acids is 1. The number of aromatic nitrogens is 3. The lowest BCUT2D eigenvalue weighted by molar-refractivity contribution is -0.116. The van der Waals surface area contributed by atoms with Gasteiger partial charge in [-0.2, -0.15) is 0 Å². The summed E-state index contributed by atoms with van der Waals surface area (Å²) >= 11 is 0. The minimum absolute atomic E-state index is 0.0167. The molecule has 0 aliphatic carbocycles. The number of imidazole rings is 1. The summed E-state index contributed by atoms with van der Waals surface area (Å²) in [4.78, 5) is 21.5. The molecular weight excluding hydrogens is 328 g/mol. The molecule has 3 rings (SSSR count). The van der Waals surface area contributed by atoms with Crippen LogP contribution in [0, 0.1) is 13.8 Å². The Morgan fingerprint density at radius 1 is 1.23 bits per heavy atom. The number of rotatable bonds is 7. The predicted molar refractivity (Wildman–Crippen MR) is 102 cm³/mol. The summed E-state index contributed by atoms with van der Waals surface area (Å²) in [5.41, 5.74) is 4.79. The van der Waals surface area contributed by atoms with Crippen LogP contribution < -0.4 is 5.32 Å². The average Bonchev–Trinajstić information content (AvgIpc) is 2.99. The number of benzene rings is 1. The summed E-state index contributed by atoms with van der Waals surface area (Å²) in [6.07, 6.45) is 2.67. The monoisotopic (exact) mass is 352 g/mol. The Kier molecular flexibility index (Phi) is 5.63. The van der Waals surface area contributed by atoms with E-state index in [1.165, 1.54) is 0 Å². The van der Waals surface area contributed by atoms with Crippen molar-refractivity contribution in [2.45, 2.75) is 33.2 Å². The molecule has 3 aromatic rings. The molecule has 1 aromatic carbocycles. The number of nitrogens with zero attached hydrogens (tertiary/aromatic N) is 3. The Morgan fingerprint density at radius 2 is 2.08 bits per heavy atom. The van der Waals surface area contributed by atoms with Gasteiger partial charge in [-0.3, -0.25) is 4.79 Å². The molecule has 2 heterocycles. The van der Waals surface area contributed by atoms with Crippen molar-refractivity contribution in [1.29, 1.82) is 0 Å². The fraction of sp³-hybridized carbons (Fsp3) is 0.350. The summed E-state index contributed by atoms with van der Waals surface area (Å²) in [7, 11) is 1.67. The Bertz CT molecular complexity index is 917. The maximum absolute atomic E-state index is 12.4. The molecule has 0 aliphatic rings. The van der Waals surface area contributed by atoms with Gasteiger partial charge < -0.3 is 14.6 Å². The number of nitrogens with one attached hydrogen (secondary N) is 1. The number of anilines is 1. The second-order valence-electron chi connectivity index (χ2n) is 6.31. The van der Waals surface area contributed by atoms with E-state index < -0.39 is 0 Å². The molecule has 2 aromatic heterocycles. The third-order valence-corrected chi connectivity index (χ3v) is 4.56. The average molecular weight is 352 g/mol. The second-order valence-corrected chi connectivity index (χ2v) is 6.31. The van der Waals surface area contributed by atoms with Gasteiger partial charge in [0, 0.05) is 38.4 Å². The Morgan fingerprint density at radius 3 is 2.88 bits per heavy atom. The number of amides is 1. The molecule has 0 unspecified atom stereocenters. The molecule has 0 saturated carbocycles. The first-order valence-corrected chi connectivity index (χ1v) is 8.75. The Hall–Kier alpha value is -2.73. The third kappa shape index (κ3) is 3.91. The standard InChI is InChI=1S/C20H24N4O2/c1-14-6-4-7-16(15(14)2)23-19(25)10-9-18-22-17-8-5-11-21-20(17)24(18)12-13-26-3/h4-8,11H,9-10,12-13H2,1-3H3,(H,23,25). The zero-order chi connectivity index (χ0) is 18.5. The van der Waals surface area contributed by atoms with E-state index >= 15 is 0 Å². The third-order valence-electron chi connectivity index (χ3n) is 4.56. The maximum Gasteiger partial charge on any atom is 0.224 e. The van der Waals surface area contributed by atoms with Crippen LogP contribution in [0.5, 0.6) is 0 Å². The molecule has 6 nitrogen and oxygen atoms in total. The van der Waals surface area contributed by atoms with Crippen molar-refractivity contribution in [2.75, 3.05) is 19.0 Å². The Labute approximate surface area is 153 Å². The van der Waals surface area contributed by atoms with E-state index in [0.29, 0.717) is 26.0 Å². The van der Waals surface area contributed by atoms with Crippen molar-refractivity contribution in [3.63, 3.8) is 0 Å². The molecule has 0 saturated heterocycles. The summed E-state index contributed by atoms with van der Waals surface area (Å²) in [6, 6.07) is 9.72. The normalized spacial score (nSPS) is 11.0. The van der Waals surface area contributed by atoms with Gasteiger partial charge in [-0.05, 0) is 43.2 Å². The van der Waals surface area contributed by atoms with E-state index in [1.807, 2.05) is 48.7 Å². The summed E-state index contributed by atoms with van der Waals surface area (Å²) in [5.74, 6) is 0.837. The molecule has 0 radical (unpaired) electrons. The van der Waals surface area contributed by atoms with Crippen molar-refractivity contribution in [1.82, 2.24) is 14.5 Å². The molecule has 0 bridgehead atoms. The van der Waals surface area contributed by atoms with Crippen molar-refractivity contribution in [2.24, 2.45) is 0 Å². The highest BCUT2D eigenvalue weighted by Gasteiger charge is 2.13. The van der Waals surface area contributed by atoms with Crippen molar-refractivity contribution in [3.8, 4) is 0 Å². The van der Waals surface area contributed by atoms with Crippen molar-refractivity contribution >= 4 is 22.8 Å². The fourth-order valence-electron chi connectivity index (χ4n) is 2.94. The van der Waals surface area contributed by atoms with Crippen molar-refractivity contribution < 1.29 is 9.53 Å². The van der Waals surface area contributed by atoms with Crippen LogP contribution in [0.4, 0.5) is 5.69 Å². The largest absolute Gasteiger partial charge is 0.383 e. The van der Waals surface area contributed by atoms with E-state index in [9.17, 15) is 4.79 Å². The summed E-state index contributed by atoms with van der Waals surface area (Å²) < 4.78 is 7.22. The van der Waals surface area contributed by atoms with E-state index in [1.54, 1.807) is 13.3 Å². The van der Waals surface area contributed by atoms with Gasteiger partial charge in [-0.15, -0.1) is 0 Å².